The van der Waals surface area contributed by atoms with Gasteiger partial charge in [-0.05, 0) is 31.3 Å². The molecule has 0 saturated carbocycles. The van der Waals surface area contributed by atoms with Gasteiger partial charge >= 0.3 is 0 Å². The summed E-state index contributed by atoms with van der Waals surface area (Å²) >= 11 is 0. The monoisotopic (exact) mass is 260 g/mol. The molecule has 2 rings (SSSR count). The molecule has 0 radical (unpaired) electrons. The van der Waals surface area contributed by atoms with Crippen molar-refractivity contribution in [3.63, 3.8) is 0 Å². The maximum Gasteiger partial charge on any atom is 0.146 e. The number of furan rings is 1. The summed E-state index contributed by atoms with van der Waals surface area (Å²) < 4.78 is 11.4. The average Bonchev–Trinajstić information content (AvgIpc) is 2.85. The van der Waals surface area contributed by atoms with Crippen LogP contribution in [-0.2, 0) is 13.2 Å². The predicted octanol–water partition coefficient (Wildman–Crippen LogP) is 2.64. The average molecular weight is 260 g/mol. The van der Waals surface area contributed by atoms with E-state index in [1.54, 1.807) is 0 Å². The van der Waals surface area contributed by atoms with Gasteiger partial charge in [0.15, 0.2) is 0 Å². The van der Waals surface area contributed by atoms with E-state index in [-0.39, 0.29) is 0 Å². The molecule has 1 heterocycles. The molecule has 0 atom stereocenters. The zero-order valence-corrected chi connectivity index (χ0v) is 11.6. The number of benzene rings is 1. The Morgan fingerprint density at radius 3 is 2.68 bits per heavy atom. The maximum absolute atomic E-state index is 5.73. The van der Waals surface area contributed by atoms with Crippen LogP contribution in [0.15, 0.2) is 40.8 Å². The number of ether oxygens (including phenoxy) is 1. The highest BCUT2D eigenvalue weighted by Crippen LogP contribution is 2.20. The molecule has 0 spiro atoms. The summed E-state index contributed by atoms with van der Waals surface area (Å²) in [5.74, 6) is 2.60. The van der Waals surface area contributed by atoms with Crippen LogP contribution in [0, 0.1) is 0 Å². The van der Waals surface area contributed by atoms with E-state index in [4.69, 9.17) is 9.15 Å². The predicted molar refractivity (Wildman–Crippen MR) is 76.6 cm³/mol. The minimum Gasteiger partial charge on any atom is -0.486 e. The van der Waals surface area contributed by atoms with E-state index < -0.39 is 0 Å². The molecule has 1 aromatic carbocycles. The Morgan fingerprint density at radius 1 is 1.16 bits per heavy atom. The second-order valence-electron chi connectivity index (χ2n) is 4.58. The van der Waals surface area contributed by atoms with Crippen molar-refractivity contribution < 1.29 is 9.15 Å². The van der Waals surface area contributed by atoms with Crippen LogP contribution in [0.4, 0.5) is 5.69 Å². The van der Waals surface area contributed by atoms with E-state index in [1.165, 1.54) is 0 Å². The minimum absolute atomic E-state index is 0.445. The lowest BCUT2D eigenvalue weighted by atomic mass is 10.3. The molecule has 0 aliphatic heterocycles. The summed E-state index contributed by atoms with van der Waals surface area (Å²) in [5, 5.41) is 3.05. The van der Waals surface area contributed by atoms with Crippen LogP contribution < -0.4 is 15.0 Å². The fourth-order valence-electron chi connectivity index (χ4n) is 1.78. The fraction of sp³-hybridized carbons (Fsp3) is 0.333. The first-order valence-corrected chi connectivity index (χ1v) is 6.31. The highest BCUT2D eigenvalue weighted by Gasteiger charge is 2.03. The van der Waals surface area contributed by atoms with E-state index in [2.05, 4.69) is 5.32 Å². The standard InChI is InChI=1S/C15H20N2O2/c1-16-10-14-7-8-15(19-14)11-18-13-6-4-5-12(9-13)17(2)3/h4-9,16H,10-11H2,1-3H3. The van der Waals surface area contributed by atoms with Crippen molar-refractivity contribution in [1.82, 2.24) is 5.32 Å². The molecular weight excluding hydrogens is 240 g/mol. The van der Waals surface area contributed by atoms with Crippen molar-refractivity contribution in [2.45, 2.75) is 13.2 Å². The fourth-order valence-corrected chi connectivity index (χ4v) is 1.78. The maximum atomic E-state index is 5.73. The molecule has 0 bridgehead atoms. The molecule has 2 aromatic rings. The first kappa shape index (κ1) is 13.5. The Bertz CT molecular complexity index is 520. The normalized spacial score (nSPS) is 10.5. The zero-order valence-electron chi connectivity index (χ0n) is 11.6. The Hall–Kier alpha value is -1.94. The molecule has 0 fully saturated rings. The molecule has 4 nitrogen and oxygen atoms in total. The van der Waals surface area contributed by atoms with Crippen LogP contribution in [0.3, 0.4) is 0 Å². The van der Waals surface area contributed by atoms with Gasteiger partial charge in [0.2, 0.25) is 0 Å². The Labute approximate surface area is 114 Å². The lowest BCUT2D eigenvalue weighted by molar-refractivity contribution is 0.265. The van der Waals surface area contributed by atoms with E-state index >= 15 is 0 Å². The number of nitrogens with one attached hydrogen (secondary N) is 1. The number of hydrogen-bond acceptors (Lipinski definition) is 4. The first-order chi connectivity index (χ1) is 9.19. The molecular formula is C15H20N2O2. The molecule has 4 heteroatoms. The van der Waals surface area contributed by atoms with E-state index in [0.29, 0.717) is 6.61 Å². The van der Waals surface area contributed by atoms with Gasteiger partial charge in [-0.15, -0.1) is 0 Å². The molecule has 1 N–H and O–H groups in total. The number of anilines is 1. The number of hydrogen-bond donors (Lipinski definition) is 1. The smallest absolute Gasteiger partial charge is 0.146 e. The van der Waals surface area contributed by atoms with E-state index in [9.17, 15) is 0 Å². The summed E-state index contributed by atoms with van der Waals surface area (Å²) in [5.41, 5.74) is 1.12. The first-order valence-electron chi connectivity index (χ1n) is 6.31. The molecule has 1 aromatic heterocycles. The molecule has 0 aliphatic rings. The summed E-state index contributed by atoms with van der Waals surface area (Å²) in [6, 6.07) is 11.9. The second kappa shape index (κ2) is 6.29. The van der Waals surface area contributed by atoms with Crippen molar-refractivity contribution in [3.05, 3.63) is 47.9 Å². The van der Waals surface area contributed by atoms with Crippen LogP contribution in [0.5, 0.6) is 5.75 Å². The van der Waals surface area contributed by atoms with Crippen LogP contribution >= 0.6 is 0 Å². The van der Waals surface area contributed by atoms with Gasteiger partial charge in [0.05, 0.1) is 6.54 Å². The van der Waals surface area contributed by atoms with Crippen molar-refractivity contribution in [2.24, 2.45) is 0 Å². The summed E-state index contributed by atoms with van der Waals surface area (Å²) in [6.07, 6.45) is 0. The summed E-state index contributed by atoms with van der Waals surface area (Å²) in [4.78, 5) is 2.05. The topological polar surface area (TPSA) is 37.6 Å². The molecule has 0 unspecified atom stereocenters. The second-order valence-corrected chi connectivity index (χ2v) is 4.58. The van der Waals surface area contributed by atoms with Crippen molar-refractivity contribution in [3.8, 4) is 5.75 Å². The van der Waals surface area contributed by atoms with Gasteiger partial charge in [-0.25, -0.2) is 0 Å². The van der Waals surface area contributed by atoms with Gasteiger partial charge in [0.25, 0.3) is 0 Å². The Kier molecular flexibility index (Phi) is 4.47. The summed E-state index contributed by atoms with van der Waals surface area (Å²) in [6.45, 7) is 1.18. The number of rotatable bonds is 6. The largest absolute Gasteiger partial charge is 0.486 e. The van der Waals surface area contributed by atoms with Gasteiger partial charge in [-0.2, -0.15) is 0 Å². The van der Waals surface area contributed by atoms with Crippen molar-refractivity contribution >= 4 is 5.69 Å². The molecule has 0 saturated heterocycles. The third-order valence-electron chi connectivity index (χ3n) is 2.78. The highest BCUT2D eigenvalue weighted by molar-refractivity contribution is 5.49. The SMILES string of the molecule is CNCc1ccc(COc2cccc(N(C)C)c2)o1. The van der Waals surface area contributed by atoms with Gasteiger partial charge < -0.3 is 19.4 Å². The Morgan fingerprint density at radius 2 is 1.95 bits per heavy atom. The quantitative estimate of drug-likeness (QED) is 0.866. The van der Waals surface area contributed by atoms with Crippen molar-refractivity contribution in [2.75, 3.05) is 26.0 Å². The molecule has 0 amide bonds. The van der Waals surface area contributed by atoms with Gasteiger partial charge in [-0.3, -0.25) is 0 Å². The zero-order chi connectivity index (χ0) is 13.7. The molecule has 0 aliphatic carbocycles. The van der Waals surface area contributed by atoms with Gasteiger partial charge in [0.1, 0.15) is 23.9 Å². The summed E-state index contributed by atoms with van der Waals surface area (Å²) in [7, 11) is 5.91. The van der Waals surface area contributed by atoms with Crippen LogP contribution in [0.2, 0.25) is 0 Å². The molecule has 102 valence electrons. The lowest BCUT2D eigenvalue weighted by Crippen LogP contribution is -2.08. The Balaban J connectivity index is 1.95. The van der Waals surface area contributed by atoms with Crippen LogP contribution in [0.25, 0.3) is 0 Å². The third-order valence-corrected chi connectivity index (χ3v) is 2.78. The lowest BCUT2D eigenvalue weighted by Gasteiger charge is -2.13. The minimum atomic E-state index is 0.445. The van der Waals surface area contributed by atoms with E-state index in [1.807, 2.05) is 62.4 Å². The molecule has 19 heavy (non-hydrogen) atoms. The highest BCUT2D eigenvalue weighted by atomic mass is 16.5. The van der Waals surface area contributed by atoms with E-state index in [0.717, 1.165) is 29.5 Å². The van der Waals surface area contributed by atoms with Crippen LogP contribution in [-0.4, -0.2) is 21.1 Å². The third kappa shape index (κ3) is 3.76. The van der Waals surface area contributed by atoms with Crippen molar-refractivity contribution in [1.29, 1.82) is 0 Å². The van der Waals surface area contributed by atoms with Crippen LogP contribution in [0.1, 0.15) is 11.5 Å². The van der Waals surface area contributed by atoms with Gasteiger partial charge in [-0.1, -0.05) is 6.07 Å². The number of nitrogens with zero attached hydrogens (tertiary/aromatic N) is 1. The van der Waals surface area contributed by atoms with Gasteiger partial charge in [0, 0.05) is 25.8 Å².